The van der Waals surface area contributed by atoms with Crippen molar-refractivity contribution in [2.75, 3.05) is 13.0 Å². The average molecular weight is 288 g/mol. The molecule has 104 valence electrons. The third-order valence-corrected chi connectivity index (χ3v) is 2.79. The van der Waals surface area contributed by atoms with E-state index in [2.05, 4.69) is 10.1 Å². The van der Waals surface area contributed by atoms with E-state index in [1.807, 2.05) is 0 Å². The maximum atomic E-state index is 13.5. The van der Waals surface area contributed by atoms with Crippen LogP contribution in [0, 0.1) is 5.82 Å². The quantitative estimate of drug-likeness (QED) is 0.639. The Bertz CT molecular complexity index is 435. The van der Waals surface area contributed by atoms with Gasteiger partial charge in [0.15, 0.2) is 0 Å². The SMILES string of the molecule is COC(=O)C[C@@H](Cc1ccccc1F)NC(=O)CCl. The summed E-state index contributed by atoms with van der Waals surface area (Å²) < 4.78 is 18.1. The van der Waals surface area contributed by atoms with Gasteiger partial charge in [-0.3, -0.25) is 9.59 Å². The van der Waals surface area contributed by atoms with E-state index in [1.54, 1.807) is 18.2 Å². The minimum atomic E-state index is -0.546. The Morgan fingerprint density at radius 3 is 2.68 bits per heavy atom. The molecule has 1 aromatic carbocycles. The number of halogens is 2. The number of hydrogen-bond donors (Lipinski definition) is 1. The lowest BCUT2D eigenvalue weighted by Gasteiger charge is -2.17. The predicted octanol–water partition coefficient (Wildman–Crippen LogP) is 1.65. The van der Waals surface area contributed by atoms with E-state index in [-0.39, 0.29) is 24.5 Å². The van der Waals surface area contributed by atoms with Crippen LogP contribution >= 0.6 is 11.6 Å². The number of carbonyl (C=O) groups is 2. The smallest absolute Gasteiger partial charge is 0.307 e. The Balaban J connectivity index is 2.75. The van der Waals surface area contributed by atoms with E-state index in [9.17, 15) is 14.0 Å². The molecule has 1 aromatic rings. The van der Waals surface area contributed by atoms with Gasteiger partial charge < -0.3 is 10.1 Å². The molecular formula is C13H15ClFNO3. The van der Waals surface area contributed by atoms with Crippen LogP contribution in [0.4, 0.5) is 4.39 Å². The fraction of sp³-hybridized carbons (Fsp3) is 0.385. The summed E-state index contributed by atoms with van der Waals surface area (Å²) in [6.07, 6.45) is 0.165. The molecule has 6 heteroatoms. The first kappa shape index (κ1) is 15.4. The number of hydrogen-bond acceptors (Lipinski definition) is 3. The second-order valence-electron chi connectivity index (χ2n) is 3.97. The van der Waals surface area contributed by atoms with Crippen molar-refractivity contribution in [2.24, 2.45) is 0 Å². The lowest BCUT2D eigenvalue weighted by molar-refractivity contribution is -0.141. The molecule has 0 heterocycles. The van der Waals surface area contributed by atoms with Gasteiger partial charge in [-0.2, -0.15) is 0 Å². The summed E-state index contributed by atoms with van der Waals surface area (Å²) in [4.78, 5) is 22.5. The molecular weight excluding hydrogens is 273 g/mol. The highest BCUT2D eigenvalue weighted by molar-refractivity contribution is 6.27. The van der Waals surface area contributed by atoms with E-state index >= 15 is 0 Å². The molecule has 0 aliphatic heterocycles. The Labute approximate surface area is 115 Å². The fourth-order valence-corrected chi connectivity index (χ4v) is 1.73. The van der Waals surface area contributed by atoms with Crippen molar-refractivity contribution in [1.82, 2.24) is 5.32 Å². The van der Waals surface area contributed by atoms with Crippen LogP contribution in [0.1, 0.15) is 12.0 Å². The van der Waals surface area contributed by atoms with Crippen molar-refractivity contribution in [3.63, 3.8) is 0 Å². The number of carbonyl (C=O) groups excluding carboxylic acids is 2. The zero-order valence-corrected chi connectivity index (χ0v) is 11.2. The van der Waals surface area contributed by atoms with Crippen molar-refractivity contribution in [3.05, 3.63) is 35.6 Å². The maximum Gasteiger partial charge on any atom is 0.307 e. The minimum absolute atomic E-state index is 0.0343. The standard InChI is InChI=1S/C13H15ClFNO3/c1-19-13(18)7-10(16-12(17)8-14)6-9-4-2-3-5-11(9)15/h2-5,10H,6-8H2,1H3,(H,16,17)/t10-/m1/s1. The van der Waals surface area contributed by atoms with Gasteiger partial charge in [-0.25, -0.2) is 4.39 Å². The zero-order valence-electron chi connectivity index (χ0n) is 10.5. The molecule has 0 saturated heterocycles. The molecule has 0 radical (unpaired) electrons. The van der Waals surface area contributed by atoms with Gasteiger partial charge in [-0.05, 0) is 18.1 Å². The van der Waals surface area contributed by atoms with Crippen LogP contribution in [-0.4, -0.2) is 30.9 Å². The molecule has 0 saturated carbocycles. The number of ether oxygens (including phenoxy) is 1. The van der Waals surface area contributed by atoms with Crippen LogP contribution in [0.2, 0.25) is 0 Å². The van der Waals surface area contributed by atoms with Gasteiger partial charge in [-0.15, -0.1) is 11.6 Å². The van der Waals surface area contributed by atoms with Crippen LogP contribution in [0.25, 0.3) is 0 Å². The Hall–Kier alpha value is -1.62. The Kier molecular flexibility index (Phi) is 6.29. The monoisotopic (exact) mass is 287 g/mol. The van der Waals surface area contributed by atoms with Crippen molar-refractivity contribution in [2.45, 2.75) is 18.9 Å². The molecule has 0 unspecified atom stereocenters. The highest BCUT2D eigenvalue weighted by Crippen LogP contribution is 2.11. The molecule has 1 N–H and O–H groups in total. The van der Waals surface area contributed by atoms with E-state index in [4.69, 9.17) is 11.6 Å². The van der Waals surface area contributed by atoms with Crippen LogP contribution in [0.15, 0.2) is 24.3 Å². The van der Waals surface area contributed by atoms with E-state index in [0.29, 0.717) is 5.56 Å². The molecule has 0 spiro atoms. The average Bonchev–Trinajstić information content (AvgIpc) is 2.40. The topological polar surface area (TPSA) is 55.4 Å². The number of benzene rings is 1. The van der Waals surface area contributed by atoms with Gasteiger partial charge in [0.1, 0.15) is 11.7 Å². The minimum Gasteiger partial charge on any atom is -0.469 e. The number of rotatable bonds is 6. The summed E-state index contributed by atoms with van der Waals surface area (Å²) >= 11 is 5.40. The molecule has 1 atom stereocenters. The molecule has 0 bridgehead atoms. The van der Waals surface area contributed by atoms with Crippen LogP contribution < -0.4 is 5.32 Å². The summed E-state index contributed by atoms with van der Waals surface area (Å²) in [6, 6.07) is 5.65. The lowest BCUT2D eigenvalue weighted by atomic mass is 10.0. The molecule has 1 amide bonds. The summed E-state index contributed by atoms with van der Waals surface area (Å²) in [6.45, 7) is 0. The van der Waals surface area contributed by atoms with Crippen molar-refractivity contribution < 1.29 is 18.7 Å². The van der Waals surface area contributed by atoms with Gasteiger partial charge in [0.05, 0.1) is 13.5 Å². The molecule has 4 nitrogen and oxygen atoms in total. The third kappa shape index (κ3) is 5.26. The summed E-state index contributed by atoms with van der Waals surface area (Å²) in [5.41, 5.74) is 0.422. The molecule has 0 aliphatic carbocycles. The zero-order chi connectivity index (χ0) is 14.3. The highest BCUT2D eigenvalue weighted by atomic mass is 35.5. The lowest BCUT2D eigenvalue weighted by Crippen LogP contribution is -2.39. The van der Waals surface area contributed by atoms with Gasteiger partial charge in [0.2, 0.25) is 5.91 Å². The number of amides is 1. The normalized spacial score (nSPS) is 11.7. The van der Waals surface area contributed by atoms with Gasteiger partial charge in [-0.1, -0.05) is 18.2 Å². The van der Waals surface area contributed by atoms with E-state index < -0.39 is 17.9 Å². The number of esters is 1. The molecule has 0 fully saturated rings. The largest absolute Gasteiger partial charge is 0.469 e. The van der Waals surface area contributed by atoms with Crippen molar-refractivity contribution >= 4 is 23.5 Å². The van der Waals surface area contributed by atoms with Crippen LogP contribution in [-0.2, 0) is 20.7 Å². The molecule has 19 heavy (non-hydrogen) atoms. The molecule has 1 rings (SSSR count). The van der Waals surface area contributed by atoms with Gasteiger partial charge in [0, 0.05) is 6.04 Å². The van der Waals surface area contributed by atoms with Gasteiger partial charge in [0.25, 0.3) is 0 Å². The third-order valence-electron chi connectivity index (χ3n) is 2.55. The highest BCUT2D eigenvalue weighted by Gasteiger charge is 2.18. The van der Waals surface area contributed by atoms with Gasteiger partial charge >= 0.3 is 5.97 Å². The number of nitrogens with one attached hydrogen (secondary N) is 1. The first-order chi connectivity index (χ1) is 9.06. The summed E-state index contributed by atoms with van der Waals surface area (Å²) in [5, 5.41) is 2.57. The number of methoxy groups -OCH3 is 1. The second kappa shape index (κ2) is 7.74. The second-order valence-corrected chi connectivity index (χ2v) is 4.24. The Morgan fingerprint density at radius 1 is 1.42 bits per heavy atom. The first-order valence-corrected chi connectivity index (χ1v) is 6.25. The predicted molar refractivity (Wildman–Crippen MR) is 69.4 cm³/mol. The van der Waals surface area contributed by atoms with Crippen LogP contribution in [0.5, 0.6) is 0 Å². The first-order valence-electron chi connectivity index (χ1n) is 5.72. The summed E-state index contributed by atoms with van der Waals surface area (Å²) in [5.74, 6) is -1.48. The maximum absolute atomic E-state index is 13.5. The fourth-order valence-electron chi connectivity index (χ4n) is 1.65. The summed E-state index contributed by atoms with van der Waals surface area (Å²) in [7, 11) is 1.26. The molecule has 0 aliphatic rings. The van der Waals surface area contributed by atoms with E-state index in [0.717, 1.165) is 0 Å². The Morgan fingerprint density at radius 2 is 2.11 bits per heavy atom. The number of alkyl halides is 1. The van der Waals surface area contributed by atoms with Crippen molar-refractivity contribution in [3.8, 4) is 0 Å². The van der Waals surface area contributed by atoms with Crippen molar-refractivity contribution in [1.29, 1.82) is 0 Å². The molecule has 0 aromatic heterocycles. The van der Waals surface area contributed by atoms with E-state index in [1.165, 1.54) is 13.2 Å². The van der Waals surface area contributed by atoms with Crippen LogP contribution in [0.3, 0.4) is 0 Å².